The number of anilines is 1. The number of amides is 2. The second kappa shape index (κ2) is 9.22. The Kier molecular flexibility index (Phi) is 6.99. The van der Waals surface area contributed by atoms with Crippen molar-refractivity contribution in [2.24, 2.45) is 0 Å². The Morgan fingerprint density at radius 3 is 2.83 bits per heavy atom. The molecule has 24 heavy (non-hydrogen) atoms. The lowest BCUT2D eigenvalue weighted by Crippen LogP contribution is -2.39. The Hall–Kier alpha value is -2.15. The fourth-order valence-corrected chi connectivity index (χ4v) is 3.00. The molecule has 0 spiro atoms. The van der Waals surface area contributed by atoms with Crippen LogP contribution in [0.2, 0.25) is 0 Å². The molecular weight excluding hydrogens is 326 g/mol. The number of aromatic nitrogens is 1. The molecule has 0 saturated carbocycles. The third-order valence-corrected chi connectivity index (χ3v) is 4.40. The first kappa shape index (κ1) is 18.2. The smallest absolute Gasteiger partial charge is 0.245 e. The molecule has 0 aliphatic heterocycles. The van der Waals surface area contributed by atoms with Crippen molar-refractivity contribution in [1.29, 1.82) is 0 Å². The number of carbonyl (C=O) groups is 2. The first-order valence-electron chi connectivity index (χ1n) is 8.11. The topological polar surface area (TPSA) is 75.4 Å². The number of nitrogens with one attached hydrogen (secondary N) is 1. The molecule has 0 radical (unpaired) electrons. The van der Waals surface area contributed by atoms with E-state index in [0.717, 1.165) is 24.1 Å². The Morgan fingerprint density at radius 2 is 2.21 bits per heavy atom. The van der Waals surface area contributed by atoms with Crippen molar-refractivity contribution in [2.75, 3.05) is 18.4 Å². The molecule has 0 atom stereocenters. The van der Waals surface area contributed by atoms with Gasteiger partial charge in [0.1, 0.15) is 5.76 Å². The molecule has 7 heteroatoms. The minimum atomic E-state index is -0.265. The molecule has 6 nitrogen and oxygen atoms in total. The van der Waals surface area contributed by atoms with Crippen LogP contribution in [0, 0.1) is 6.92 Å². The summed E-state index contributed by atoms with van der Waals surface area (Å²) in [4.78, 5) is 27.3. The summed E-state index contributed by atoms with van der Waals surface area (Å²) >= 11 is 1.55. The van der Waals surface area contributed by atoms with Crippen molar-refractivity contribution in [3.8, 4) is 0 Å². The van der Waals surface area contributed by atoms with E-state index in [-0.39, 0.29) is 18.4 Å². The number of unbranched alkanes of at least 4 members (excludes halogenated alkanes) is 2. The number of rotatable bonds is 9. The first-order chi connectivity index (χ1) is 11.6. The number of hydrogen-bond acceptors (Lipinski definition) is 5. The zero-order chi connectivity index (χ0) is 17.4. The van der Waals surface area contributed by atoms with E-state index in [1.165, 1.54) is 0 Å². The normalized spacial score (nSPS) is 10.6. The second-order valence-electron chi connectivity index (χ2n) is 5.65. The summed E-state index contributed by atoms with van der Waals surface area (Å²) in [5.74, 6) is 0.704. The van der Waals surface area contributed by atoms with Gasteiger partial charge in [-0.25, -0.2) is 0 Å². The molecule has 0 bridgehead atoms. The molecule has 2 heterocycles. The van der Waals surface area contributed by atoms with Crippen LogP contribution in [0.5, 0.6) is 0 Å². The van der Waals surface area contributed by atoms with E-state index in [9.17, 15) is 9.59 Å². The third kappa shape index (κ3) is 5.81. The molecule has 0 aromatic carbocycles. The van der Waals surface area contributed by atoms with Gasteiger partial charge in [0.25, 0.3) is 0 Å². The maximum Gasteiger partial charge on any atom is 0.245 e. The van der Waals surface area contributed by atoms with Crippen molar-refractivity contribution in [2.45, 2.75) is 39.5 Å². The predicted octanol–water partition coefficient (Wildman–Crippen LogP) is 3.24. The van der Waals surface area contributed by atoms with Gasteiger partial charge >= 0.3 is 0 Å². The highest BCUT2D eigenvalue weighted by molar-refractivity contribution is 7.10. The standard InChI is InChI=1S/C17H23N3O3S/c1-3-4-5-8-20(17(22)11-14-7-6-9-24-14)12-16(21)18-15-10-13(2)23-19-15/h6-7,9-10H,3-5,8,11-12H2,1-2H3,(H,18,19,21). The molecule has 2 rings (SSSR count). The average molecular weight is 349 g/mol. The van der Waals surface area contributed by atoms with E-state index in [0.29, 0.717) is 24.5 Å². The van der Waals surface area contributed by atoms with Crippen LogP contribution < -0.4 is 5.32 Å². The predicted molar refractivity (Wildman–Crippen MR) is 94.0 cm³/mol. The van der Waals surface area contributed by atoms with Crippen LogP contribution in [-0.2, 0) is 16.0 Å². The quantitative estimate of drug-likeness (QED) is 0.705. The van der Waals surface area contributed by atoms with Crippen LogP contribution >= 0.6 is 11.3 Å². The van der Waals surface area contributed by atoms with E-state index in [1.54, 1.807) is 29.2 Å². The van der Waals surface area contributed by atoms with Crippen molar-refractivity contribution in [1.82, 2.24) is 10.1 Å². The van der Waals surface area contributed by atoms with Crippen LogP contribution in [0.1, 0.15) is 36.8 Å². The second-order valence-corrected chi connectivity index (χ2v) is 6.68. The summed E-state index contributed by atoms with van der Waals surface area (Å²) < 4.78 is 4.92. The van der Waals surface area contributed by atoms with E-state index in [1.807, 2.05) is 17.5 Å². The monoisotopic (exact) mass is 349 g/mol. The fourth-order valence-electron chi connectivity index (χ4n) is 2.30. The lowest BCUT2D eigenvalue weighted by molar-refractivity contribution is -0.134. The first-order valence-corrected chi connectivity index (χ1v) is 8.99. The highest BCUT2D eigenvalue weighted by Gasteiger charge is 2.18. The van der Waals surface area contributed by atoms with Gasteiger partial charge in [0.05, 0.1) is 13.0 Å². The highest BCUT2D eigenvalue weighted by atomic mass is 32.1. The fraction of sp³-hybridized carbons (Fsp3) is 0.471. The number of nitrogens with zero attached hydrogens (tertiary/aromatic N) is 2. The number of hydrogen-bond donors (Lipinski definition) is 1. The van der Waals surface area contributed by atoms with E-state index in [4.69, 9.17) is 4.52 Å². The van der Waals surface area contributed by atoms with Crippen molar-refractivity contribution in [3.63, 3.8) is 0 Å². The molecule has 1 N–H and O–H groups in total. The van der Waals surface area contributed by atoms with E-state index >= 15 is 0 Å². The number of aryl methyl sites for hydroxylation is 1. The minimum absolute atomic E-state index is 0.0276. The van der Waals surface area contributed by atoms with Crippen LogP contribution in [-0.4, -0.2) is 35.0 Å². The Bertz CT molecular complexity index is 652. The molecular formula is C17H23N3O3S. The number of carbonyl (C=O) groups excluding carboxylic acids is 2. The van der Waals surface area contributed by atoms with Crippen LogP contribution in [0.3, 0.4) is 0 Å². The molecule has 2 amide bonds. The van der Waals surface area contributed by atoms with Gasteiger partial charge in [-0.3, -0.25) is 9.59 Å². The summed E-state index contributed by atoms with van der Waals surface area (Å²) in [6.45, 7) is 4.48. The van der Waals surface area contributed by atoms with Gasteiger partial charge in [0.2, 0.25) is 11.8 Å². The van der Waals surface area contributed by atoms with Gasteiger partial charge in [0.15, 0.2) is 5.82 Å². The van der Waals surface area contributed by atoms with E-state index < -0.39 is 0 Å². The maximum atomic E-state index is 12.5. The van der Waals surface area contributed by atoms with Crippen LogP contribution in [0.25, 0.3) is 0 Å². The van der Waals surface area contributed by atoms with Crippen LogP contribution in [0.15, 0.2) is 28.1 Å². The molecule has 0 aliphatic carbocycles. The lowest BCUT2D eigenvalue weighted by atomic mass is 10.2. The van der Waals surface area contributed by atoms with Crippen molar-refractivity contribution in [3.05, 3.63) is 34.2 Å². The summed E-state index contributed by atoms with van der Waals surface area (Å²) in [5.41, 5.74) is 0. The van der Waals surface area contributed by atoms with E-state index in [2.05, 4.69) is 17.4 Å². The molecule has 0 unspecified atom stereocenters. The van der Waals surface area contributed by atoms with Crippen LogP contribution in [0.4, 0.5) is 5.82 Å². The van der Waals surface area contributed by atoms with Gasteiger partial charge in [-0.2, -0.15) is 0 Å². The summed E-state index contributed by atoms with van der Waals surface area (Å²) in [6.07, 6.45) is 3.33. The van der Waals surface area contributed by atoms with Gasteiger partial charge in [-0.05, 0) is 24.8 Å². The van der Waals surface area contributed by atoms with Crippen molar-refractivity contribution < 1.29 is 14.1 Å². The van der Waals surface area contributed by atoms with Gasteiger partial charge < -0.3 is 14.7 Å². The zero-order valence-electron chi connectivity index (χ0n) is 14.1. The highest BCUT2D eigenvalue weighted by Crippen LogP contribution is 2.12. The Morgan fingerprint density at radius 1 is 1.38 bits per heavy atom. The third-order valence-electron chi connectivity index (χ3n) is 3.52. The molecule has 0 saturated heterocycles. The maximum absolute atomic E-state index is 12.5. The Balaban J connectivity index is 1.93. The molecule has 2 aromatic heterocycles. The van der Waals surface area contributed by atoms with Gasteiger partial charge in [0, 0.05) is 17.5 Å². The molecule has 2 aromatic rings. The number of thiophene rings is 1. The average Bonchev–Trinajstić information content (AvgIpc) is 3.18. The molecule has 0 fully saturated rings. The lowest BCUT2D eigenvalue weighted by Gasteiger charge is -2.21. The minimum Gasteiger partial charge on any atom is -0.360 e. The summed E-state index contributed by atoms with van der Waals surface area (Å²) in [5, 5.41) is 8.35. The SMILES string of the molecule is CCCCCN(CC(=O)Nc1cc(C)on1)C(=O)Cc1cccs1. The van der Waals surface area contributed by atoms with Crippen molar-refractivity contribution >= 4 is 29.0 Å². The summed E-state index contributed by atoms with van der Waals surface area (Å²) in [7, 11) is 0. The Labute approximate surface area is 145 Å². The largest absolute Gasteiger partial charge is 0.360 e. The van der Waals surface area contributed by atoms with Gasteiger partial charge in [-0.15, -0.1) is 11.3 Å². The zero-order valence-corrected chi connectivity index (χ0v) is 14.9. The molecule has 130 valence electrons. The molecule has 0 aliphatic rings. The summed E-state index contributed by atoms with van der Waals surface area (Å²) in [6, 6.07) is 5.51. The van der Waals surface area contributed by atoms with Gasteiger partial charge in [-0.1, -0.05) is 31.0 Å².